The molecule has 0 spiro atoms. The van der Waals surface area contributed by atoms with Crippen molar-refractivity contribution in [2.75, 3.05) is 11.9 Å². The molecule has 13 nitrogen and oxygen atoms in total. The average molecular weight is 558 g/mol. The number of aromatic hydroxyl groups is 1. The predicted molar refractivity (Wildman–Crippen MR) is 146 cm³/mol. The lowest BCUT2D eigenvalue weighted by atomic mass is 10.0. The van der Waals surface area contributed by atoms with E-state index in [0.29, 0.717) is 28.2 Å². The Balaban J connectivity index is 1.53. The standard InChI is InChI=1S/C26H19N7O6S/c1-31(26(36)40-25-28-29-30-32(25)15-7-3-2-4-8-15)20-13-16(33(37)38)11-12-21(20)39-22-14-19(24(27)35)23(34)18-10-6-5-9-17(18)22/h2-14,34H,1H3,(H2,27,35). The number of non-ortho nitro benzene ring substituents is 1. The lowest BCUT2D eigenvalue weighted by Gasteiger charge is -2.21. The number of thioether (sulfide) groups is 1. The van der Waals surface area contributed by atoms with E-state index in [0.717, 1.165) is 4.90 Å². The number of hydrogen-bond donors (Lipinski definition) is 2. The Morgan fingerprint density at radius 1 is 1.02 bits per heavy atom. The molecular weight excluding hydrogens is 538 g/mol. The SMILES string of the molecule is CN(C(=O)Sc1nnnn1-c1ccccc1)c1cc([N+](=O)[O-])ccc1Oc1cc(C(N)=O)c(O)c2ccccc12. The largest absolute Gasteiger partial charge is 0.506 e. The van der Waals surface area contributed by atoms with Crippen molar-refractivity contribution in [1.82, 2.24) is 20.2 Å². The fourth-order valence-electron chi connectivity index (χ4n) is 3.90. The molecule has 3 N–H and O–H groups in total. The van der Waals surface area contributed by atoms with Crippen LogP contribution in [0.25, 0.3) is 16.5 Å². The molecule has 5 rings (SSSR count). The highest BCUT2D eigenvalue weighted by molar-refractivity contribution is 8.13. The number of rotatable bonds is 7. The van der Waals surface area contributed by atoms with Crippen LogP contribution in [0.5, 0.6) is 17.2 Å². The van der Waals surface area contributed by atoms with E-state index < -0.39 is 16.1 Å². The molecule has 2 amide bonds. The molecule has 14 heteroatoms. The van der Waals surface area contributed by atoms with E-state index in [1.807, 2.05) is 6.07 Å². The third kappa shape index (κ3) is 4.98. The van der Waals surface area contributed by atoms with Gasteiger partial charge < -0.3 is 20.5 Å². The van der Waals surface area contributed by atoms with Crippen LogP contribution < -0.4 is 15.4 Å². The maximum Gasteiger partial charge on any atom is 0.293 e. The number of primary amides is 1. The Hall–Kier alpha value is -5.50. The third-order valence-electron chi connectivity index (χ3n) is 5.87. The molecule has 0 saturated heterocycles. The number of aromatic nitrogens is 4. The number of amides is 2. The molecule has 0 atom stereocenters. The molecule has 4 aromatic carbocycles. The second kappa shape index (κ2) is 10.7. The van der Waals surface area contributed by atoms with Gasteiger partial charge >= 0.3 is 0 Å². The number of benzene rings is 4. The van der Waals surface area contributed by atoms with Gasteiger partial charge in [0.2, 0.25) is 5.16 Å². The number of carbonyl (C=O) groups excluding carboxylic acids is 2. The number of carbonyl (C=O) groups is 2. The summed E-state index contributed by atoms with van der Waals surface area (Å²) in [5, 5.41) is 34.0. The fourth-order valence-corrected chi connectivity index (χ4v) is 4.60. The van der Waals surface area contributed by atoms with Crippen LogP contribution in [0.1, 0.15) is 10.4 Å². The number of nitro benzene ring substituents is 1. The molecule has 0 saturated carbocycles. The molecule has 0 unspecified atom stereocenters. The molecule has 0 aliphatic rings. The highest BCUT2D eigenvalue weighted by Crippen LogP contribution is 2.42. The molecule has 0 fully saturated rings. The van der Waals surface area contributed by atoms with Gasteiger partial charge in [0.1, 0.15) is 11.5 Å². The number of phenols is 1. The van der Waals surface area contributed by atoms with Crippen LogP contribution in [-0.4, -0.2) is 48.4 Å². The van der Waals surface area contributed by atoms with E-state index in [1.54, 1.807) is 48.5 Å². The first-order valence-electron chi connectivity index (χ1n) is 11.5. The minimum Gasteiger partial charge on any atom is -0.506 e. The van der Waals surface area contributed by atoms with E-state index in [4.69, 9.17) is 10.5 Å². The highest BCUT2D eigenvalue weighted by atomic mass is 32.2. The van der Waals surface area contributed by atoms with Crippen molar-refractivity contribution >= 4 is 45.1 Å². The van der Waals surface area contributed by atoms with Crippen LogP contribution >= 0.6 is 11.8 Å². The summed E-state index contributed by atoms with van der Waals surface area (Å²) in [5.41, 5.74) is 5.69. The molecule has 0 radical (unpaired) electrons. The Kier molecular flexibility index (Phi) is 6.99. The third-order valence-corrected chi connectivity index (χ3v) is 6.76. The van der Waals surface area contributed by atoms with Crippen molar-refractivity contribution in [3.63, 3.8) is 0 Å². The molecule has 0 aliphatic heterocycles. The van der Waals surface area contributed by atoms with E-state index >= 15 is 0 Å². The monoisotopic (exact) mass is 557 g/mol. The molecule has 40 heavy (non-hydrogen) atoms. The normalized spacial score (nSPS) is 10.8. The minimum atomic E-state index is -0.878. The molecule has 0 bridgehead atoms. The number of tetrazole rings is 1. The first kappa shape index (κ1) is 26.1. The van der Waals surface area contributed by atoms with E-state index in [1.165, 1.54) is 36.0 Å². The van der Waals surface area contributed by atoms with E-state index in [2.05, 4.69) is 15.5 Å². The van der Waals surface area contributed by atoms with Gasteiger partial charge in [-0.25, -0.2) is 0 Å². The summed E-state index contributed by atoms with van der Waals surface area (Å²) in [5.74, 6) is -0.981. The smallest absolute Gasteiger partial charge is 0.293 e. The average Bonchev–Trinajstić information content (AvgIpc) is 3.42. The van der Waals surface area contributed by atoms with E-state index in [9.17, 15) is 24.8 Å². The number of nitrogens with two attached hydrogens (primary N) is 1. The molecular formula is C26H19N7O6S. The number of ether oxygens (including phenoxy) is 1. The van der Waals surface area contributed by atoms with Crippen molar-refractivity contribution in [2.45, 2.75) is 5.16 Å². The molecule has 5 aromatic rings. The fraction of sp³-hybridized carbons (Fsp3) is 0.0385. The summed E-state index contributed by atoms with van der Waals surface area (Å²) < 4.78 is 7.50. The van der Waals surface area contributed by atoms with Gasteiger partial charge in [0.15, 0.2) is 5.75 Å². The Morgan fingerprint density at radius 3 is 2.42 bits per heavy atom. The molecule has 200 valence electrons. The van der Waals surface area contributed by atoms with Gasteiger partial charge in [0.05, 0.1) is 21.9 Å². The zero-order chi connectivity index (χ0) is 28.4. The predicted octanol–water partition coefficient (Wildman–Crippen LogP) is 4.67. The summed E-state index contributed by atoms with van der Waals surface area (Å²) in [6, 6.07) is 20.6. The van der Waals surface area contributed by atoms with Crippen LogP contribution in [0.2, 0.25) is 0 Å². The molecule has 1 heterocycles. The van der Waals surface area contributed by atoms with Gasteiger partial charge in [0, 0.05) is 41.7 Å². The van der Waals surface area contributed by atoms with Crippen molar-refractivity contribution < 1.29 is 24.4 Å². The quantitative estimate of drug-likeness (QED) is 0.162. The van der Waals surface area contributed by atoms with E-state index in [-0.39, 0.29) is 39.3 Å². The zero-order valence-electron chi connectivity index (χ0n) is 20.7. The number of hydrogen-bond acceptors (Lipinski definition) is 10. The van der Waals surface area contributed by atoms with Gasteiger partial charge in [-0.3, -0.25) is 19.7 Å². The van der Waals surface area contributed by atoms with Crippen LogP contribution in [-0.2, 0) is 0 Å². The number of anilines is 1. The summed E-state index contributed by atoms with van der Waals surface area (Å²) >= 11 is 0.709. The van der Waals surface area contributed by atoms with Gasteiger partial charge in [-0.1, -0.05) is 42.5 Å². The number of nitro groups is 1. The van der Waals surface area contributed by atoms with Crippen molar-refractivity contribution in [1.29, 1.82) is 0 Å². The van der Waals surface area contributed by atoms with Crippen LogP contribution in [0, 0.1) is 10.1 Å². The topological polar surface area (TPSA) is 180 Å². The second-order valence-corrected chi connectivity index (χ2v) is 9.25. The van der Waals surface area contributed by atoms with Crippen molar-refractivity contribution in [2.24, 2.45) is 5.73 Å². The highest BCUT2D eigenvalue weighted by Gasteiger charge is 2.24. The molecule has 1 aromatic heterocycles. The minimum absolute atomic E-state index is 0.0585. The first-order chi connectivity index (χ1) is 19.2. The summed E-state index contributed by atoms with van der Waals surface area (Å²) in [6.07, 6.45) is 0. The second-order valence-electron chi connectivity index (χ2n) is 8.33. The Labute approximate surface area is 229 Å². The summed E-state index contributed by atoms with van der Waals surface area (Å²) in [7, 11) is 1.42. The van der Waals surface area contributed by atoms with Crippen LogP contribution in [0.3, 0.4) is 0 Å². The van der Waals surface area contributed by atoms with Gasteiger partial charge in [-0.15, -0.1) is 5.10 Å². The van der Waals surface area contributed by atoms with Crippen LogP contribution in [0.4, 0.5) is 16.2 Å². The zero-order valence-corrected chi connectivity index (χ0v) is 21.5. The Morgan fingerprint density at radius 2 is 1.73 bits per heavy atom. The maximum atomic E-state index is 13.3. The van der Waals surface area contributed by atoms with Gasteiger partial charge in [-0.05, 0) is 34.7 Å². The van der Waals surface area contributed by atoms with Crippen LogP contribution in [0.15, 0.2) is 84.0 Å². The lowest BCUT2D eigenvalue weighted by molar-refractivity contribution is -0.384. The Bertz CT molecular complexity index is 1780. The summed E-state index contributed by atoms with van der Waals surface area (Å²) in [6.45, 7) is 0. The van der Waals surface area contributed by atoms with Crippen molar-refractivity contribution in [3.05, 3.63) is 94.5 Å². The van der Waals surface area contributed by atoms with Gasteiger partial charge in [0.25, 0.3) is 16.8 Å². The first-order valence-corrected chi connectivity index (χ1v) is 12.4. The molecule has 0 aliphatic carbocycles. The summed E-state index contributed by atoms with van der Waals surface area (Å²) in [4.78, 5) is 37.4. The van der Waals surface area contributed by atoms with Crippen molar-refractivity contribution in [3.8, 4) is 22.9 Å². The number of fused-ring (bicyclic) bond motifs is 1. The number of nitrogens with zero attached hydrogens (tertiary/aromatic N) is 6. The van der Waals surface area contributed by atoms with Gasteiger partial charge in [-0.2, -0.15) is 4.68 Å². The number of para-hydroxylation sites is 1. The lowest BCUT2D eigenvalue weighted by Crippen LogP contribution is -2.23. The maximum absolute atomic E-state index is 13.3.